The molecule has 1 atom stereocenters. The van der Waals surface area contributed by atoms with Gasteiger partial charge in [-0.3, -0.25) is 9.88 Å². The van der Waals surface area contributed by atoms with E-state index in [1.807, 2.05) is 12.4 Å². The van der Waals surface area contributed by atoms with Crippen molar-refractivity contribution in [1.29, 1.82) is 0 Å². The van der Waals surface area contributed by atoms with Gasteiger partial charge in [0.1, 0.15) is 0 Å². The molecule has 3 nitrogen and oxygen atoms in total. The van der Waals surface area contributed by atoms with Gasteiger partial charge in [-0.1, -0.05) is 6.07 Å². The van der Waals surface area contributed by atoms with Gasteiger partial charge in [0.15, 0.2) is 0 Å². The molecular weight excluding hydrogens is 198 g/mol. The SMILES string of the molecule is Cc1cncc(CN(C)C(CN)C2CC2)c1. The summed E-state index contributed by atoms with van der Waals surface area (Å²) in [7, 11) is 2.16. The standard InChI is InChI=1S/C13H21N3/c1-10-5-11(8-15-7-10)9-16(2)13(6-14)12-3-4-12/h5,7-8,12-13H,3-4,6,9,14H2,1-2H3. The molecule has 88 valence electrons. The molecule has 0 amide bonds. The fourth-order valence-electron chi connectivity index (χ4n) is 2.32. The summed E-state index contributed by atoms with van der Waals surface area (Å²) in [6.45, 7) is 3.80. The average Bonchev–Trinajstić information content (AvgIpc) is 3.03. The van der Waals surface area contributed by atoms with Gasteiger partial charge in [-0.15, -0.1) is 0 Å². The van der Waals surface area contributed by atoms with E-state index in [9.17, 15) is 0 Å². The summed E-state index contributed by atoms with van der Waals surface area (Å²) in [5.74, 6) is 0.827. The smallest absolute Gasteiger partial charge is 0.0313 e. The second-order valence-electron chi connectivity index (χ2n) is 4.93. The van der Waals surface area contributed by atoms with E-state index in [1.54, 1.807) is 0 Å². The largest absolute Gasteiger partial charge is 0.329 e. The van der Waals surface area contributed by atoms with Crippen LogP contribution in [0.1, 0.15) is 24.0 Å². The van der Waals surface area contributed by atoms with Crippen LogP contribution in [0.4, 0.5) is 0 Å². The van der Waals surface area contributed by atoms with Gasteiger partial charge in [-0.25, -0.2) is 0 Å². The van der Waals surface area contributed by atoms with Crippen LogP contribution in [0.25, 0.3) is 0 Å². The Bertz CT molecular complexity index is 347. The zero-order valence-corrected chi connectivity index (χ0v) is 10.2. The van der Waals surface area contributed by atoms with Crippen molar-refractivity contribution < 1.29 is 0 Å². The van der Waals surface area contributed by atoms with E-state index in [0.29, 0.717) is 6.04 Å². The number of pyridine rings is 1. The number of hydrogen-bond acceptors (Lipinski definition) is 3. The predicted molar refractivity (Wildman–Crippen MR) is 66.0 cm³/mol. The third kappa shape index (κ3) is 2.80. The van der Waals surface area contributed by atoms with Gasteiger partial charge < -0.3 is 5.73 Å². The van der Waals surface area contributed by atoms with Gasteiger partial charge in [0.05, 0.1) is 0 Å². The van der Waals surface area contributed by atoms with Crippen molar-refractivity contribution in [3.8, 4) is 0 Å². The molecule has 0 spiro atoms. The first-order valence-electron chi connectivity index (χ1n) is 6.01. The molecule has 3 heteroatoms. The van der Waals surface area contributed by atoms with Crippen molar-refractivity contribution in [2.75, 3.05) is 13.6 Å². The van der Waals surface area contributed by atoms with Crippen molar-refractivity contribution in [2.24, 2.45) is 11.7 Å². The molecule has 1 aliphatic rings. The van der Waals surface area contributed by atoms with Crippen LogP contribution in [-0.2, 0) is 6.54 Å². The molecule has 0 saturated heterocycles. The molecule has 1 aliphatic carbocycles. The first kappa shape index (κ1) is 11.6. The Kier molecular flexibility index (Phi) is 3.56. The second-order valence-corrected chi connectivity index (χ2v) is 4.93. The molecule has 16 heavy (non-hydrogen) atoms. The van der Waals surface area contributed by atoms with Crippen LogP contribution in [0, 0.1) is 12.8 Å². The van der Waals surface area contributed by atoms with Gasteiger partial charge in [-0.2, -0.15) is 0 Å². The number of hydrogen-bond donors (Lipinski definition) is 1. The quantitative estimate of drug-likeness (QED) is 0.817. The molecule has 0 bridgehead atoms. The summed E-state index contributed by atoms with van der Waals surface area (Å²) in [5.41, 5.74) is 8.34. The van der Waals surface area contributed by atoms with E-state index >= 15 is 0 Å². The topological polar surface area (TPSA) is 42.2 Å². The van der Waals surface area contributed by atoms with Gasteiger partial charge in [0.25, 0.3) is 0 Å². The molecule has 1 saturated carbocycles. The Hall–Kier alpha value is -0.930. The van der Waals surface area contributed by atoms with Crippen molar-refractivity contribution in [1.82, 2.24) is 9.88 Å². The summed E-state index contributed by atoms with van der Waals surface area (Å²) < 4.78 is 0. The Morgan fingerprint density at radius 2 is 2.25 bits per heavy atom. The van der Waals surface area contributed by atoms with Crippen LogP contribution in [0.15, 0.2) is 18.5 Å². The van der Waals surface area contributed by atoms with Crippen molar-refractivity contribution in [3.63, 3.8) is 0 Å². The molecule has 0 radical (unpaired) electrons. The molecule has 2 rings (SSSR count). The van der Waals surface area contributed by atoms with Gasteiger partial charge in [0, 0.05) is 31.5 Å². The van der Waals surface area contributed by atoms with Crippen LogP contribution in [0.2, 0.25) is 0 Å². The lowest BCUT2D eigenvalue weighted by Gasteiger charge is -2.26. The highest BCUT2D eigenvalue weighted by Gasteiger charge is 2.32. The molecule has 1 heterocycles. The summed E-state index contributed by atoms with van der Waals surface area (Å²) in [4.78, 5) is 6.59. The minimum atomic E-state index is 0.542. The monoisotopic (exact) mass is 219 g/mol. The highest BCUT2D eigenvalue weighted by Crippen LogP contribution is 2.34. The Morgan fingerprint density at radius 3 is 2.81 bits per heavy atom. The van der Waals surface area contributed by atoms with Crippen molar-refractivity contribution in [2.45, 2.75) is 32.4 Å². The number of nitrogens with two attached hydrogens (primary N) is 1. The van der Waals surface area contributed by atoms with E-state index in [1.165, 1.54) is 24.0 Å². The lowest BCUT2D eigenvalue weighted by molar-refractivity contribution is 0.215. The first-order chi connectivity index (χ1) is 7.70. The molecule has 1 aromatic rings. The average molecular weight is 219 g/mol. The van der Waals surface area contributed by atoms with Crippen molar-refractivity contribution >= 4 is 0 Å². The number of nitrogens with zero attached hydrogens (tertiary/aromatic N) is 2. The van der Waals surface area contributed by atoms with E-state index < -0.39 is 0 Å². The van der Waals surface area contributed by atoms with Crippen LogP contribution < -0.4 is 5.73 Å². The minimum absolute atomic E-state index is 0.542. The van der Waals surface area contributed by atoms with E-state index in [-0.39, 0.29) is 0 Å². The predicted octanol–water partition coefficient (Wildman–Crippen LogP) is 1.56. The molecule has 1 aromatic heterocycles. The maximum Gasteiger partial charge on any atom is 0.0313 e. The first-order valence-corrected chi connectivity index (χ1v) is 6.01. The van der Waals surface area contributed by atoms with Gasteiger partial charge in [-0.05, 0) is 43.9 Å². The van der Waals surface area contributed by atoms with Gasteiger partial charge >= 0.3 is 0 Å². The molecule has 0 aromatic carbocycles. The number of rotatable bonds is 5. The van der Waals surface area contributed by atoms with Crippen LogP contribution >= 0.6 is 0 Å². The van der Waals surface area contributed by atoms with Crippen LogP contribution in [-0.4, -0.2) is 29.5 Å². The normalized spacial score (nSPS) is 17.8. The fourth-order valence-corrected chi connectivity index (χ4v) is 2.32. The molecule has 2 N–H and O–H groups in total. The van der Waals surface area contributed by atoms with Gasteiger partial charge in [0.2, 0.25) is 0 Å². The Labute approximate surface area is 97.7 Å². The maximum atomic E-state index is 5.84. The third-order valence-electron chi connectivity index (χ3n) is 3.34. The van der Waals surface area contributed by atoms with E-state index in [0.717, 1.165) is 19.0 Å². The summed E-state index contributed by atoms with van der Waals surface area (Å²) in [6, 6.07) is 2.74. The third-order valence-corrected chi connectivity index (χ3v) is 3.34. The highest BCUT2D eigenvalue weighted by atomic mass is 15.1. The maximum absolute atomic E-state index is 5.84. The van der Waals surface area contributed by atoms with E-state index in [2.05, 4.69) is 29.9 Å². The van der Waals surface area contributed by atoms with E-state index in [4.69, 9.17) is 5.73 Å². The molecular formula is C13H21N3. The lowest BCUT2D eigenvalue weighted by atomic mass is 10.1. The molecule has 1 fully saturated rings. The Balaban J connectivity index is 1.97. The number of aromatic nitrogens is 1. The summed E-state index contributed by atoms with van der Waals surface area (Å²) in [6.07, 6.45) is 6.53. The van der Waals surface area contributed by atoms with Crippen LogP contribution in [0.3, 0.4) is 0 Å². The zero-order valence-electron chi connectivity index (χ0n) is 10.2. The Morgan fingerprint density at radius 1 is 1.50 bits per heavy atom. The summed E-state index contributed by atoms with van der Waals surface area (Å²) >= 11 is 0. The zero-order chi connectivity index (χ0) is 11.5. The number of aryl methyl sites for hydroxylation is 1. The summed E-state index contributed by atoms with van der Waals surface area (Å²) in [5, 5.41) is 0. The highest BCUT2D eigenvalue weighted by molar-refractivity contribution is 5.16. The number of likely N-dealkylation sites (N-methyl/N-ethyl adjacent to an activating group) is 1. The lowest BCUT2D eigenvalue weighted by Crippen LogP contribution is -2.39. The van der Waals surface area contributed by atoms with Crippen molar-refractivity contribution in [3.05, 3.63) is 29.6 Å². The molecule has 0 aliphatic heterocycles. The van der Waals surface area contributed by atoms with Crippen LogP contribution in [0.5, 0.6) is 0 Å². The fraction of sp³-hybridized carbons (Fsp3) is 0.615. The molecule has 1 unspecified atom stereocenters. The minimum Gasteiger partial charge on any atom is -0.329 e. The second kappa shape index (κ2) is 4.93.